The Morgan fingerprint density at radius 1 is 0.788 bits per heavy atom. The van der Waals surface area contributed by atoms with Crippen molar-refractivity contribution < 1.29 is 19.1 Å². The van der Waals surface area contributed by atoms with Gasteiger partial charge in [-0.05, 0) is 59.6 Å². The van der Waals surface area contributed by atoms with Crippen molar-refractivity contribution in [3.63, 3.8) is 0 Å². The first-order chi connectivity index (χ1) is 25.2. The van der Waals surface area contributed by atoms with Crippen molar-refractivity contribution in [3.05, 3.63) is 99.0 Å². The van der Waals surface area contributed by atoms with Crippen molar-refractivity contribution in [2.45, 2.75) is 68.8 Å². The van der Waals surface area contributed by atoms with E-state index in [9.17, 15) is 9.59 Å². The summed E-state index contributed by atoms with van der Waals surface area (Å²) in [4.78, 5) is 32.8. The highest BCUT2D eigenvalue weighted by Crippen LogP contribution is 2.45. The summed E-state index contributed by atoms with van der Waals surface area (Å²) in [6.45, 7) is 4.94. The monoisotopic (exact) mass is 737 g/mol. The van der Waals surface area contributed by atoms with Crippen LogP contribution in [0.3, 0.4) is 0 Å². The normalized spacial score (nSPS) is 21.5. The quantitative estimate of drug-likeness (QED) is 0.197. The molecule has 9 rings (SSSR count). The summed E-state index contributed by atoms with van der Waals surface area (Å²) in [6.07, 6.45) is 4.48. The molecule has 4 aromatic rings. The van der Waals surface area contributed by atoms with Gasteiger partial charge in [-0.3, -0.25) is 19.4 Å². The van der Waals surface area contributed by atoms with Crippen LogP contribution in [0.15, 0.2) is 66.7 Å². The topological polar surface area (TPSA) is 96.0 Å². The second-order valence-electron chi connectivity index (χ2n) is 15.3. The lowest BCUT2D eigenvalue weighted by Gasteiger charge is -2.48. The molecule has 2 amide bonds. The lowest BCUT2D eigenvalue weighted by Crippen LogP contribution is -2.66. The van der Waals surface area contributed by atoms with Crippen molar-refractivity contribution in [1.29, 1.82) is 0 Å². The van der Waals surface area contributed by atoms with E-state index in [2.05, 4.69) is 81.1 Å². The number of aromatic nitrogens is 1. The molecule has 0 saturated carbocycles. The summed E-state index contributed by atoms with van der Waals surface area (Å²) < 4.78 is 12.2. The Hall–Kier alpha value is -4.15. The Labute approximate surface area is 313 Å². The minimum Gasteiger partial charge on any atom is -0.481 e. The molecule has 268 valence electrons. The molecule has 2 N–H and O–H groups in total. The van der Waals surface area contributed by atoms with E-state index in [0.29, 0.717) is 36.2 Å². The van der Waals surface area contributed by atoms with Crippen LogP contribution in [0, 0.1) is 0 Å². The van der Waals surface area contributed by atoms with Crippen molar-refractivity contribution in [1.82, 2.24) is 25.4 Å². The highest BCUT2D eigenvalue weighted by molar-refractivity contribution is 6.36. The van der Waals surface area contributed by atoms with Crippen LogP contribution in [0.2, 0.25) is 10.0 Å². The Balaban J connectivity index is 0.891. The van der Waals surface area contributed by atoms with E-state index >= 15 is 0 Å². The predicted octanol–water partition coefficient (Wildman–Crippen LogP) is 6.73. The van der Waals surface area contributed by atoms with Gasteiger partial charge < -0.3 is 20.1 Å². The van der Waals surface area contributed by atoms with Gasteiger partial charge in [0.25, 0.3) is 0 Å². The maximum absolute atomic E-state index is 11.8. The van der Waals surface area contributed by atoms with Crippen molar-refractivity contribution in [2.24, 2.45) is 0 Å². The lowest BCUT2D eigenvalue weighted by atomic mass is 9.88. The summed E-state index contributed by atoms with van der Waals surface area (Å²) in [7, 11) is 1.61. The van der Waals surface area contributed by atoms with E-state index in [-0.39, 0.29) is 29.0 Å². The number of rotatable bonds is 9. The average Bonchev–Trinajstić information content (AvgIpc) is 3.83. The number of methoxy groups -OCH3 is 1. The molecule has 1 aliphatic carbocycles. The molecular weight excluding hydrogens is 697 g/mol. The number of pyridine rings is 1. The predicted molar refractivity (Wildman–Crippen MR) is 201 cm³/mol. The fraction of sp³-hybridized carbons (Fsp3) is 0.390. The number of halogens is 2. The van der Waals surface area contributed by atoms with Gasteiger partial charge in [0.05, 0.1) is 23.2 Å². The molecule has 0 unspecified atom stereocenters. The zero-order chi connectivity index (χ0) is 35.6. The number of carbonyl (C=O) groups is 2. The molecule has 0 bridgehead atoms. The number of fused-ring (bicyclic) bond motifs is 1. The molecule has 4 fully saturated rings. The van der Waals surface area contributed by atoms with E-state index in [0.717, 1.165) is 96.8 Å². The Morgan fingerprint density at radius 2 is 1.42 bits per heavy atom. The van der Waals surface area contributed by atoms with Gasteiger partial charge in [0.15, 0.2) is 0 Å². The molecule has 1 atom stereocenters. The number of carbonyl (C=O) groups excluding carboxylic acids is 2. The van der Waals surface area contributed by atoms with Crippen molar-refractivity contribution >= 4 is 35.0 Å². The average molecular weight is 739 g/mol. The van der Waals surface area contributed by atoms with E-state index in [4.69, 9.17) is 37.7 Å². The number of nitrogens with zero attached hydrogens (tertiary/aromatic N) is 3. The summed E-state index contributed by atoms with van der Waals surface area (Å²) in [5.41, 5.74) is 8.54. The first-order valence-electron chi connectivity index (χ1n) is 18.2. The van der Waals surface area contributed by atoms with Crippen molar-refractivity contribution in [3.8, 4) is 34.0 Å². The van der Waals surface area contributed by atoms with Crippen LogP contribution in [-0.2, 0) is 29.1 Å². The van der Waals surface area contributed by atoms with Crippen LogP contribution in [0.5, 0.6) is 11.8 Å². The van der Waals surface area contributed by atoms with Gasteiger partial charge in [-0.1, -0.05) is 83.9 Å². The van der Waals surface area contributed by atoms with E-state index in [1.807, 2.05) is 6.07 Å². The molecule has 52 heavy (non-hydrogen) atoms. The van der Waals surface area contributed by atoms with Crippen LogP contribution >= 0.6 is 23.2 Å². The first kappa shape index (κ1) is 33.7. The second kappa shape index (κ2) is 13.1. The van der Waals surface area contributed by atoms with Crippen molar-refractivity contribution in [2.75, 3.05) is 33.3 Å². The maximum atomic E-state index is 11.8. The standard InChI is InChI=1S/C41H41Cl2N5O4/c1-51-38-27(20-48-23-41(24-48)17-15-36(50)46-41)18-33(42)39(44-38)52-34-13-12-30-29(5-3-6-31(30)34)32-7-2-4-28(37(32)43)26-10-8-25(9-11-26)19-47-21-40(22-47)16-14-35(49)45-40/h2-11,18,34H,12-17,19-24H2,1H3,(H,45,49)(H,46,50)/t34-/m0/s1. The SMILES string of the molecule is COc1nc(O[C@H]2CCc3c(-c4cccc(-c5ccc(CN6CC7(CCC(=O)N7)C6)cc5)c4Cl)cccc32)c(Cl)cc1CN1CC2(CCC(=O)N2)C1. The molecule has 4 saturated heterocycles. The smallest absolute Gasteiger partial charge is 0.236 e. The summed E-state index contributed by atoms with van der Waals surface area (Å²) in [5, 5.41) is 7.47. The molecule has 1 aromatic heterocycles. The van der Waals surface area contributed by atoms with Gasteiger partial charge in [0.2, 0.25) is 23.6 Å². The van der Waals surface area contributed by atoms with Gasteiger partial charge in [0, 0.05) is 68.8 Å². The highest BCUT2D eigenvalue weighted by Gasteiger charge is 2.48. The number of benzene rings is 3. The zero-order valence-electron chi connectivity index (χ0n) is 29.1. The molecule has 0 radical (unpaired) electrons. The fourth-order valence-corrected chi connectivity index (χ4v) is 9.66. The van der Waals surface area contributed by atoms with E-state index in [1.54, 1.807) is 7.11 Å². The third-order valence-corrected chi connectivity index (χ3v) is 12.3. The molecular formula is C41H41Cl2N5O4. The van der Waals surface area contributed by atoms with Gasteiger partial charge in [0.1, 0.15) is 11.1 Å². The number of likely N-dealkylation sites (tertiary alicyclic amines) is 2. The Kier molecular flexibility index (Phi) is 8.45. The maximum Gasteiger partial charge on any atom is 0.236 e. The number of nitrogens with one attached hydrogen (secondary N) is 2. The van der Waals surface area contributed by atoms with Crippen LogP contribution in [0.25, 0.3) is 22.3 Å². The lowest BCUT2D eigenvalue weighted by molar-refractivity contribution is -0.121. The van der Waals surface area contributed by atoms with Crippen LogP contribution in [-0.4, -0.2) is 71.0 Å². The van der Waals surface area contributed by atoms with Crippen LogP contribution in [0.4, 0.5) is 0 Å². The van der Waals surface area contributed by atoms with Crippen LogP contribution in [0.1, 0.15) is 60.5 Å². The number of hydrogen-bond acceptors (Lipinski definition) is 7. The largest absolute Gasteiger partial charge is 0.481 e. The minimum atomic E-state index is -0.211. The summed E-state index contributed by atoms with van der Waals surface area (Å²) in [6, 6.07) is 23.1. The van der Waals surface area contributed by atoms with E-state index < -0.39 is 0 Å². The Bertz CT molecular complexity index is 2080. The van der Waals surface area contributed by atoms with Gasteiger partial charge in [-0.25, -0.2) is 0 Å². The molecule has 4 aliphatic heterocycles. The third kappa shape index (κ3) is 6.11. The number of ether oxygens (including phenoxy) is 2. The van der Waals surface area contributed by atoms with E-state index in [1.165, 1.54) is 11.1 Å². The Morgan fingerprint density at radius 3 is 2.08 bits per heavy atom. The fourth-order valence-electron chi connectivity index (χ4n) is 9.11. The highest BCUT2D eigenvalue weighted by atomic mass is 35.5. The van der Waals surface area contributed by atoms with Gasteiger partial charge in [-0.15, -0.1) is 0 Å². The minimum absolute atomic E-state index is 0.00579. The molecule has 9 nitrogen and oxygen atoms in total. The molecule has 5 heterocycles. The molecule has 11 heteroatoms. The summed E-state index contributed by atoms with van der Waals surface area (Å²) in [5.74, 6) is 1.16. The number of amides is 2. The second-order valence-corrected chi connectivity index (χ2v) is 16.1. The summed E-state index contributed by atoms with van der Waals surface area (Å²) >= 11 is 14.0. The molecule has 2 spiro atoms. The molecule has 5 aliphatic rings. The van der Waals surface area contributed by atoms with Gasteiger partial charge >= 0.3 is 0 Å². The third-order valence-electron chi connectivity index (χ3n) is 11.6. The first-order valence-corrected chi connectivity index (χ1v) is 18.9. The zero-order valence-corrected chi connectivity index (χ0v) is 30.7. The number of hydrogen-bond donors (Lipinski definition) is 2. The van der Waals surface area contributed by atoms with Gasteiger partial charge in [-0.2, -0.15) is 4.98 Å². The van der Waals surface area contributed by atoms with Crippen LogP contribution < -0.4 is 20.1 Å². The molecule has 3 aromatic carbocycles.